The lowest BCUT2D eigenvalue weighted by atomic mass is 10.2. The Morgan fingerprint density at radius 1 is 1.47 bits per heavy atom. The van der Waals surface area contributed by atoms with E-state index in [2.05, 4.69) is 12.2 Å². The van der Waals surface area contributed by atoms with Crippen molar-refractivity contribution in [2.45, 2.75) is 13.3 Å². The summed E-state index contributed by atoms with van der Waals surface area (Å²) in [6.07, 6.45) is 1.00. The van der Waals surface area contributed by atoms with Crippen LogP contribution < -0.4 is 10.1 Å². The highest BCUT2D eigenvalue weighted by atomic mass is 16.5. The third-order valence-corrected chi connectivity index (χ3v) is 2.81. The van der Waals surface area contributed by atoms with E-state index in [4.69, 9.17) is 4.74 Å². The molecule has 0 bridgehead atoms. The normalized spacial score (nSPS) is 23.3. The number of ether oxygens (including phenoxy) is 1. The van der Waals surface area contributed by atoms with Crippen molar-refractivity contribution in [3.63, 3.8) is 0 Å². The summed E-state index contributed by atoms with van der Waals surface area (Å²) in [5.41, 5.74) is 0.754. The van der Waals surface area contributed by atoms with Gasteiger partial charge >= 0.3 is 0 Å². The first-order chi connectivity index (χ1) is 7.22. The van der Waals surface area contributed by atoms with Crippen LogP contribution >= 0.6 is 0 Å². The predicted octanol–water partition coefficient (Wildman–Crippen LogP) is 2.29. The van der Waals surface area contributed by atoms with E-state index in [0.717, 1.165) is 12.1 Å². The van der Waals surface area contributed by atoms with Crippen molar-refractivity contribution >= 4 is 11.6 Å². The number of methoxy groups -OCH3 is 1. The van der Waals surface area contributed by atoms with E-state index < -0.39 is 0 Å². The van der Waals surface area contributed by atoms with Crippen molar-refractivity contribution in [1.82, 2.24) is 0 Å². The molecule has 1 amide bonds. The highest BCUT2D eigenvalue weighted by Gasteiger charge is 2.39. The van der Waals surface area contributed by atoms with Crippen LogP contribution in [0.15, 0.2) is 24.3 Å². The Hall–Kier alpha value is -1.51. The molecule has 1 aromatic rings. The predicted molar refractivity (Wildman–Crippen MR) is 58.9 cm³/mol. The van der Waals surface area contributed by atoms with Gasteiger partial charge in [-0.15, -0.1) is 0 Å². The summed E-state index contributed by atoms with van der Waals surface area (Å²) in [6, 6.07) is 7.46. The van der Waals surface area contributed by atoms with Crippen molar-refractivity contribution in [2.24, 2.45) is 11.8 Å². The van der Waals surface area contributed by atoms with E-state index in [-0.39, 0.29) is 11.8 Å². The third kappa shape index (κ3) is 2.12. The number of hydrogen-bond acceptors (Lipinski definition) is 2. The minimum atomic E-state index is 0.104. The fourth-order valence-electron chi connectivity index (χ4n) is 1.66. The van der Waals surface area contributed by atoms with Gasteiger partial charge in [-0.3, -0.25) is 4.79 Å². The molecule has 15 heavy (non-hydrogen) atoms. The van der Waals surface area contributed by atoms with Crippen LogP contribution in [0.4, 0.5) is 5.69 Å². The molecule has 2 rings (SSSR count). The summed E-state index contributed by atoms with van der Waals surface area (Å²) < 4.78 is 5.16. The number of rotatable bonds is 3. The maximum Gasteiger partial charge on any atom is 0.227 e. The molecule has 1 aliphatic rings. The molecule has 1 aliphatic carbocycles. The molecule has 0 spiro atoms. The first kappa shape index (κ1) is 10.0. The smallest absolute Gasteiger partial charge is 0.227 e. The second-order valence-electron chi connectivity index (χ2n) is 4.01. The van der Waals surface area contributed by atoms with Gasteiger partial charge in [0.25, 0.3) is 0 Å². The lowest BCUT2D eigenvalue weighted by Gasteiger charge is -2.09. The summed E-state index contributed by atoms with van der Waals surface area (Å²) in [5, 5.41) is 2.89. The Kier molecular flexibility index (Phi) is 2.62. The highest BCUT2D eigenvalue weighted by Crippen LogP contribution is 2.39. The number of amides is 1. The molecule has 1 N–H and O–H groups in total. The van der Waals surface area contributed by atoms with Crippen LogP contribution in [0.3, 0.4) is 0 Å². The van der Waals surface area contributed by atoms with Gasteiger partial charge in [-0.1, -0.05) is 19.1 Å². The Balaban J connectivity index is 2.06. The average Bonchev–Trinajstić information content (AvgIpc) is 2.96. The second-order valence-corrected chi connectivity index (χ2v) is 4.01. The van der Waals surface area contributed by atoms with Gasteiger partial charge in [0.05, 0.1) is 12.8 Å². The van der Waals surface area contributed by atoms with Crippen LogP contribution in [0.25, 0.3) is 0 Å². The fourth-order valence-corrected chi connectivity index (χ4v) is 1.66. The Labute approximate surface area is 89.4 Å². The van der Waals surface area contributed by atoms with Crippen molar-refractivity contribution in [3.8, 4) is 5.75 Å². The number of carbonyl (C=O) groups excluding carboxylic acids is 1. The molecule has 0 aliphatic heterocycles. The molecule has 2 unspecified atom stereocenters. The molecule has 1 aromatic carbocycles. The Bertz CT molecular complexity index is 376. The lowest BCUT2D eigenvalue weighted by Crippen LogP contribution is -2.14. The number of nitrogens with one attached hydrogen (secondary N) is 1. The monoisotopic (exact) mass is 205 g/mol. The molecule has 80 valence electrons. The van der Waals surface area contributed by atoms with E-state index in [1.54, 1.807) is 7.11 Å². The minimum absolute atomic E-state index is 0.104. The zero-order valence-electron chi connectivity index (χ0n) is 8.99. The maximum absolute atomic E-state index is 11.7. The second kappa shape index (κ2) is 3.93. The standard InChI is InChI=1S/C12H15NO2/c1-8-7-9(8)12(14)13-10-5-3-4-6-11(10)15-2/h3-6,8-9H,7H2,1-2H3,(H,13,14). The maximum atomic E-state index is 11.7. The van der Waals surface area contributed by atoms with Gasteiger partial charge in [0.15, 0.2) is 0 Å². The molecule has 3 heteroatoms. The van der Waals surface area contributed by atoms with Crippen molar-refractivity contribution in [3.05, 3.63) is 24.3 Å². The van der Waals surface area contributed by atoms with Crippen LogP contribution in [0.1, 0.15) is 13.3 Å². The molecule has 2 atom stereocenters. The van der Waals surface area contributed by atoms with E-state index in [9.17, 15) is 4.79 Å². The van der Waals surface area contributed by atoms with E-state index in [1.165, 1.54) is 0 Å². The molecule has 0 saturated heterocycles. The summed E-state index contributed by atoms with van der Waals surface area (Å²) in [4.78, 5) is 11.7. The van der Waals surface area contributed by atoms with Crippen molar-refractivity contribution in [2.75, 3.05) is 12.4 Å². The largest absolute Gasteiger partial charge is 0.495 e. The van der Waals surface area contributed by atoms with Crippen LogP contribution in [0, 0.1) is 11.8 Å². The first-order valence-corrected chi connectivity index (χ1v) is 5.16. The average molecular weight is 205 g/mol. The molecule has 0 aromatic heterocycles. The van der Waals surface area contributed by atoms with E-state index >= 15 is 0 Å². The van der Waals surface area contributed by atoms with Crippen LogP contribution in [-0.2, 0) is 4.79 Å². The van der Waals surface area contributed by atoms with Gasteiger partial charge in [0, 0.05) is 5.92 Å². The quantitative estimate of drug-likeness (QED) is 0.822. The zero-order chi connectivity index (χ0) is 10.8. The number of anilines is 1. The Morgan fingerprint density at radius 2 is 2.13 bits per heavy atom. The minimum Gasteiger partial charge on any atom is -0.495 e. The van der Waals surface area contributed by atoms with E-state index in [0.29, 0.717) is 11.7 Å². The van der Waals surface area contributed by atoms with Crippen LogP contribution in [0.2, 0.25) is 0 Å². The van der Waals surface area contributed by atoms with Crippen LogP contribution in [-0.4, -0.2) is 13.0 Å². The summed E-state index contributed by atoms with van der Waals surface area (Å²) in [5.74, 6) is 1.53. The molecule has 1 saturated carbocycles. The molecule has 1 fully saturated rings. The van der Waals surface area contributed by atoms with Gasteiger partial charge in [0.2, 0.25) is 5.91 Å². The van der Waals surface area contributed by atoms with E-state index in [1.807, 2.05) is 24.3 Å². The first-order valence-electron chi connectivity index (χ1n) is 5.16. The summed E-state index contributed by atoms with van der Waals surface area (Å²) in [6.45, 7) is 2.09. The van der Waals surface area contributed by atoms with Gasteiger partial charge in [-0.05, 0) is 24.5 Å². The molecule has 0 radical (unpaired) electrons. The van der Waals surface area contributed by atoms with Crippen molar-refractivity contribution < 1.29 is 9.53 Å². The molecule has 0 heterocycles. The number of benzene rings is 1. The number of carbonyl (C=O) groups is 1. The number of para-hydroxylation sites is 2. The van der Waals surface area contributed by atoms with Gasteiger partial charge < -0.3 is 10.1 Å². The van der Waals surface area contributed by atoms with Crippen LogP contribution in [0.5, 0.6) is 5.75 Å². The molecular formula is C12H15NO2. The molecular weight excluding hydrogens is 190 g/mol. The zero-order valence-corrected chi connectivity index (χ0v) is 8.99. The highest BCUT2D eigenvalue weighted by molar-refractivity contribution is 5.95. The SMILES string of the molecule is COc1ccccc1NC(=O)C1CC1C. The van der Waals surface area contributed by atoms with Gasteiger partial charge in [-0.25, -0.2) is 0 Å². The van der Waals surface area contributed by atoms with Gasteiger partial charge in [-0.2, -0.15) is 0 Å². The summed E-state index contributed by atoms with van der Waals surface area (Å²) >= 11 is 0. The lowest BCUT2D eigenvalue weighted by molar-refractivity contribution is -0.117. The topological polar surface area (TPSA) is 38.3 Å². The third-order valence-electron chi connectivity index (χ3n) is 2.81. The fraction of sp³-hybridized carbons (Fsp3) is 0.417. The van der Waals surface area contributed by atoms with Crippen molar-refractivity contribution in [1.29, 1.82) is 0 Å². The number of hydrogen-bond donors (Lipinski definition) is 1. The van der Waals surface area contributed by atoms with Gasteiger partial charge in [0.1, 0.15) is 5.75 Å². The Morgan fingerprint density at radius 3 is 2.73 bits per heavy atom. The summed E-state index contributed by atoms with van der Waals surface area (Å²) in [7, 11) is 1.60. The molecule has 3 nitrogen and oxygen atoms in total.